The molecular weight excluding hydrogens is 371 g/mol. The summed E-state index contributed by atoms with van der Waals surface area (Å²) >= 11 is 7.56. The summed E-state index contributed by atoms with van der Waals surface area (Å²) in [6.45, 7) is 0. The van der Waals surface area contributed by atoms with E-state index < -0.39 is 0 Å². The Morgan fingerprint density at radius 2 is 2.11 bits per heavy atom. The van der Waals surface area contributed by atoms with Gasteiger partial charge in [-0.25, -0.2) is 14.4 Å². The maximum Gasteiger partial charge on any atom is 0.257 e. The quantitative estimate of drug-likeness (QED) is 0.646. The first-order valence-corrected chi connectivity index (χ1v) is 6.26. The monoisotopic (exact) mass is 377 g/mol. The number of aromatic nitrogens is 2. The Kier molecular flexibility index (Phi) is 4.07. The normalized spacial score (nSPS) is 10.2. The second-order valence-electron chi connectivity index (χ2n) is 3.30. The molecule has 0 bridgehead atoms. The van der Waals surface area contributed by atoms with E-state index in [0.29, 0.717) is 15.0 Å². The van der Waals surface area contributed by atoms with Crippen LogP contribution < -0.4 is 5.32 Å². The lowest BCUT2D eigenvalue weighted by Gasteiger charge is -2.06. The SMILES string of the molecule is O=C(Nc1cc(Cl)ncn1)c1ccc(F)cc1I. The molecule has 1 amide bonds. The van der Waals surface area contributed by atoms with Crippen molar-refractivity contribution in [2.45, 2.75) is 0 Å². The number of rotatable bonds is 2. The van der Waals surface area contributed by atoms with E-state index in [1.54, 1.807) is 0 Å². The minimum Gasteiger partial charge on any atom is -0.306 e. The summed E-state index contributed by atoms with van der Waals surface area (Å²) in [7, 11) is 0. The van der Waals surface area contributed by atoms with Crippen LogP contribution in [0.5, 0.6) is 0 Å². The maximum atomic E-state index is 12.9. The number of nitrogens with zero attached hydrogens (tertiary/aromatic N) is 2. The zero-order chi connectivity index (χ0) is 13.1. The third kappa shape index (κ3) is 3.14. The van der Waals surface area contributed by atoms with Crippen LogP contribution in [0.15, 0.2) is 30.6 Å². The van der Waals surface area contributed by atoms with Crippen molar-refractivity contribution < 1.29 is 9.18 Å². The summed E-state index contributed by atoms with van der Waals surface area (Å²) in [6, 6.07) is 5.34. The Bertz CT molecular complexity index is 609. The topological polar surface area (TPSA) is 54.9 Å². The fourth-order valence-electron chi connectivity index (χ4n) is 1.26. The Morgan fingerprint density at radius 3 is 2.78 bits per heavy atom. The fourth-order valence-corrected chi connectivity index (χ4v) is 2.13. The van der Waals surface area contributed by atoms with Gasteiger partial charge in [-0.15, -0.1) is 0 Å². The molecule has 92 valence electrons. The number of amides is 1. The Hall–Kier alpha value is -1.28. The number of carbonyl (C=O) groups is 1. The Labute approximate surface area is 121 Å². The van der Waals surface area contributed by atoms with Crippen molar-refractivity contribution >= 4 is 45.9 Å². The molecule has 0 aliphatic heterocycles. The summed E-state index contributed by atoms with van der Waals surface area (Å²) in [5, 5.41) is 2.79. The van der Waals surface area contributed by atoms with E-state index in [2.05, 4.69) is 15.3 Å². The highest BCUT2D eigenvalue weighted by Gasteiger charge is 2.11. The van der Waals surface area contributed by atoms with Crippen molar-refractivity contribution in [3.8, 4) is 0 Å². The van der Waals surface area contributed by atoms with E-state index in [1.807, 2.05) is 22.6 Å². The zero-order valence-electron chi connectivity index (χ0n) is 8.82. The molecule has 0 spiro atoms. The van der Waals surface area contributed by atoms with Gasteiger partial charge in [-0.3, -0.25) is 4.79 Å². The average Bonchev–Trinajstić information content (AvgIpc) is 2.28. The van der Waals surface area contributed by atoms with Crippen LogP contribution in [-0.2, 0) is 0 Å². The number of benzene rings is 1. The lowest BCUT2D eigenvalue weighted by Crippen LogP contribution is -2.14. The Balaban J connectivity index is 2.22. The van der Waals surface area contributed by atoms with Gasteiger partial charge in [-0.05, 0) is 40.8 Å². The molecule has 1 N–H and O–H groups in total. The second kappa shape index (κ2) is 5.57. The summed E-state index contributed by atoms with van der Waals surface area (Å²) < 4.78 is 13.4. The summed E-state index contributed by atoms with van der Waals surface area (Å²) in [4.78, 5) is 19.5. The van der Waals surface area contributed by atoms with Gasteiger partial charge in [0.25, 0.3) is 5.91 Å². The van der Waals surface area contributed by atoms with Crippen molar-refractivity contribution in [3.63, 3.8) is 0 Å². The first-order valence-electron chi connectivity index (χ1n) is 4.80. The minimum absolute atomic E-state index is 0.231. The molecule has 4 nitrogen and oxygen atoms in total. The molecule has 1 aromatic heterocycles. The predicted octanol–water partition coefficient (Wildman–Crippen LogP) is 3.13. The molecule has 0 radical (unpaired) electrons. The molecule has 0 unspecified atom stereocenters. The van der Waals surface area contributed by atoms with Crippen LogP contribution in [0.2, 0.25) is 5.15 Å². The van der Waals surface area contributed by atoms with Crippen LogP contribution in [0.4, 0.5) is 10.2 Å². The molecule has 7 heteroatoms. The van der Waals surface area contributed by atoms with Gasteiger partial charge in [0, 0.05) is 9.64 Å². The lowest BCUT2D eigenvalue weighted by molar-refractivity contribution is 0.102. The average molecular weight is 378 g/mol. The van der Waals surface area contributed by atoms with Crippen molar-refractivity contribution in [1.29, 1.82) is 0 Å². The molecule has 1 heterocycles. The molecule has 2 aromatic rings. The smallest absolute Gasteiger partial charge is 0.257 e. The van der Waals surface area contributed by atoms with Gasteiger partial charge in [-0.2, -0.15) is 0 Å². The van der Waals surface area contributed by atoms with Crippen LogP contribution in [-0.4, -0.2) is 15.9 Å². The van der Waals surface area contributed by atoms with Crippen LogP contribution in [0.1, 0.15) is 10.4 Å². The molecule has 0 atom stereocenters. The molecule has 0 saturated carbocycles. The first-order chi connectivity index (χ1) is 8.56. The highest BCUT2D eigenvalue weighted by Crippen LogP contribution is 2.16. The van der Waals surface area contributed by atoms with Crippen molar-refractivity contribution in [2.75, 3.05) is 5.32 Å². The lowest BCUT2D eigenvalue weighted by atomic mass is 10.2. The summed E-state index contributed by atoms with van der Waals surface area (Å²) in [6.07, 6.45) is 1.24. The van der Waals surface area contributed by atoms with E-state index in [-0.39, 0.29) is 16.9 Å². The second-order valence-corrected chi connectivity index (χ2v) is 4.85. The van der Waals surface area contributed by atoms with E-state index >= 15 is 0 Å². The van der Waals surface area contributed by atoms with Gasteiger partial charge in [0.05, 0.1) is 5.56 Å². The number of anilines is 1. The molecule has 1 aromatic carbocycles. The van der Waals surface area contributed by atoms with Gasteiger partial charge in [0.1, 0.15) is 23.1 Å². The number of carbonyl (C=O) groups excluding carboxylic acids is 1. The number of hydrogen-bond donors (Lipinski definition) is 1. The molecule has 0 aliphatic carbocycles. The van der Waals surface area contributed by atoms with Crippen LogP contribution in [0.25, 0.3) is 0 Å². The standard InChI is InChI=1S/C11H6ClFIN3O/c12-9-4-10(16-5-15-9)17-11(18)7-2-1-6(13)3-8(7)14/h1-5H,(H,15,16,17,18). The molecule has 18 heavy (non-hydrogen) atoms. The van der Waals surface area contributed by atoms with Gasteiger partial charge < -0.3 is 5.32 Å². The van der Waals surface area contributed by atoms with Crippen molar-refractivity contribution in [2.24, 2.45) is 0 Å². The van der Waals surface area contributed by atoms with Gasteiger partial charge >= 0.3 is 0 Å². The first kappa shape index (κ1) is 13.2. The van der Waals surface area contributed by atoms with Crippen LogP contribution >= 0.6 is 34.2 Å². The Morgan fingerprint density at radius 1 is 1.33 bits per heavy atom. The third-order valence-corrected chi connectivity index (χ3v) is 3.15. The number of nitrogens with one attached hydrogen (secondary N) is 1. The number of hydrogen-bond acceptors (Lipinski definition) is 3. The van der Waals surface area contributed by atoms with E-state index in [4.69, 9.17) is 11.6 Å². The van der Waals surface area contributed by atoms with Gasteiger partial charge in [0.15, 0.2) is 0 Å². The van der Waals surface area contributed by atoms with Gasteiger partial charge in [-0.1, -0.05) is 11.6 Å². The number of halogens is 3. The maximum absolute atomic E-state index is 12.9. The highest BCUT2D eigenvalue weighted by molar-refractivity contribution is 14.1. The molecule has 0 fully saturated rings. The van der Waals surface area contributed by atoms with Crippen LogP contribution in [0, 0.1) is 9.39 Å². The fraction of sp³-hybridized carbons (Fsp3) is 0. The predicted molar refractivity (Wildman–Crippen MR) is 74.1 cm³/mol. The van der Waals surface area contributed by atoms with E-state index in [9.17, 15) is 9.18 Å². The molecular formula is C11H6ClFIN3O. The van der Waals surface area contributed by atoms with E-state index in [1.165, 1.54) is 30.6 Å². The third-order valence-electron chi connectivity index (χ3n) is 2.05. The van der Waals surface area contributed by atoms with Gasteiger partial charge in [0.2, 0.25) is 0 Å². The molecule has 0 aliphatic rings. The minimum atomic E-state index is -0.388. The van der Waals surface area contributed by atoms with Crippen molar-refractivity contribution in [3.05, 3.63) is 50.7 Å². The highest BCUT2D eigenvalue weighted by atomic mass is 127. The summed E-state index contributed by atoms with van der Waals surface area (Å²) in [5.41, 5.74) is 0.367. The largest absolute Gasteiger partial charge is 0.306 e. The molecule has 0 saturated heterocycles. The van der Waals surface area contributed by atoms with Crippen LogP contribution in [0.3, 0.4) is 0 Å². The zero-order valence-corrected chi connectivity index (χ0v) is 11.7. The molecule has 2 rings (SSSR count). The van der Waals surface area contributed by atoms with E-state index in [0.717, 1.165) is 0 Å². The van der Waals surface area contributed by atoms with Crippen molar-refractivity contribution in [1.82, 2.24) is 9.97 Å². The summed E-state index contributed by atoms with van der Waals surface area (Å²) in [5.74, 6) is -0.477.